The van der Waals surface area contributed by atoms with Crippen LogP contribution in [0.4, 0.5) is 0 Å². The van der Waals surface area contributed by atoms with E-state index in [2.05, 4.69) is 20.5 Å². The summed E-state index contributed by atoms with van der Waals surface area (Å²) >= 11 is 0. The number of aliphatic imine (C=N–C) groups is 1. The summed E-state index contributed by atoms with van der Waals surface area (Å²) in [5, 5.41) is 9.99. The first-order chi connectivity index (χ1) is 9.24. The third-order valence-corrected chi connectivity index (χ3v) is 2.80. The molecule has 0 saturated carbocycles. The average Bonchev–Trinajstić information content (AvgIpc) is 2.80. The van der Waals surface area contributed by atoms with E-state index in [1.165, 1.54) is 5.56 Å². The van der Waals surface area contributed by atoms with Crippen molar-refractivity contribution in [2.45, 2.75) is 33.1 Å². The third-order valence-electron chi connectivity index (χ3n) is 2.80. The minimum atomic E-state index is 0. The molecule has 20 heavy (non-hydrogen) atoms. The number of ether oxygens (including phenoxy) is 1. The number of halogens is 1. The number of aryl methyl sites for hydroxylation is 2. The van der Waals surface area contributed by atoms with Crippen LogP contribution in [0.1, 0.15) is 31.0 Å². The van der Waals surface area contributed by atoms with Gasteiger partial charge in [-0.3, -0.25) is 10.1 Å². The molecule has 4 N–H and O–H groups in total. The van der Waals surface area contributed by atoms with E-state index in [-0.39, 0.29) is 24.0 Å². The van der Waals surface area contributed by atoms with Gasteiger partial charge in [-0.25, -0.2) is 0 Å². The maximum atomic E-state index is 5.76. The van der Waals surface area contributed by atoms with Gasteiger partial charge in [0, 0.05) is 32.0 Å². The Morgan fingerprint density at radius 2 is 2.30 bits per heavy atom. The van der Waals surface area contributed by atoms with E-state index in [4.69, 9.17) is 10.5 Å². The van der Waals surface area contributed by atoms with E-state index in [0.717, 1.165) is 51.3 Å². The van der Waals surface area contributed by atoms with E-state index >= 15 is 0 Å². The molecule has 6 nitrogen and oxygen atoms in total. The van der Waals surface area contributed by atoms with Crippen LogP contribution in [-0.2, 0) is 11.2 Å². The maximum absolute atomic E-state index is 5.76. The monoisotopic (exact) mass is 395 g/mol. The number of aromatic nitrogens is 2. The van der Waals surface area contributed by atoms with Crippen LogP contribution in [0.3, 0.4) is 0 Å². The van der Waals surface area contributed by atoms with Gasteiger partial charge in [-0.1, -0.05) is 0 Å². The Kier molecular flexibility index (Phi) is 11.5. The Morgan fingerprint density at radius 1 is 1.50 bits per heavy atom. The van der Waals surface area contributed by atoms with Crippen LogP contribution in [0.15, 0.2) is 11.2 Å². The van der Waals surface area contributed by atoms with Gasteiger partial charge in [0.1, 0.15) is 0 Å². The van der Waals surface area contributed by atoms with Crippen molar-refractivity contribution in [1.82, 2.24) is 15.5 Å². The molecular weight excluding hydrogens is 369 g/mol. The Labute approximate surface area is 138 Å². The number of rotatable bonds is 9. The number of H-pyrrole nitrogens is 1. The van der Waals surface area contributed by atoms with Gasteiger partial charge in [-0.15, -0.1) is 24.0 Å². The zero-order chi connectivity index (χ0) is 13.9. The van der Waals surface area contributed by atoms with E-state index in [0.29, 0.717) is 5.96 Å². The molecule has 0 unspecified atom stereocenters. The van der Waals surface area contributed by atoms with Crippen molar-refractivity contribution >= 4 is 29.9 Å². The molecule has 0 amide bonds. The fraction of sp³-hybridized carbons (Fsp3) is 0.692. The Hall–Kier alpha value is -0.830. The Bertz CT molecular complexity index is 381. The lowest BCUT2D eigenvalue weighted by Crippen LogP contribution is -2.33. The van der Waals surface area contributed by atoms with Crippen LogP contribution in [0.25, 0.3) is 0 Å². The fourth-order valence-corrected chi connectivity index (χ4v) is 1.69. The second-order valence-corrected chi connectivity index (χ2v) is 4.37. The molecule has 1 aromatic heterocycles. The molecule has 0 radical (unpaired) electrons. The first kappa shape index (κ1) is 19.2. The highest BCUT2D eigenvalue weighted by Crippen LogP contribution is 2.05. The predicted molar refractivity (Wildman–Crippen MR) is 92.7 cm³/mol. The SMILES string of the molecule is CCOCCCNC(N)=NCCCc1cn[nH]c1C.I. The molecule has 0 aliphatic rings. The van der Waals surface area contributed by atoms with Crippen molar-refractivity contribution in [3.8, 4) is 0 Å². The van der Waals surface area contributed by atoms with Crippen molar-refractivity contribution in [2.24, 2.45) is 10.7 Å². The van der Waals surface area contributed by atoms with Crippen LogP contribution in [0, 0.1) is 6.92 Å². The zero-order valence-electron chi connectivity index (χ0n) is 12.3. The van der Waals surface area contributed by atoms with Crippen LogP contribution in [0.2, 0.25) is 0 Å². The molecule has 0 aromatic carbocycles. The summed E-state index contributed by atoms with van der Waals surface area (Å²) in [5.41, 5.74) is 8.14. The molecule has 0 aliphatic heterocycles. The minimum absolute atomic E-state index is 0. The van der Waals surface area contributed by atoms with Crippen LogP contribution >= 0.6 is 24.0 Å². The van der Waals surface area contributed by atoms with E-state index < -0.39 is 0 Å². The van der Waals surface area contributed by atoms with Crippen molar-refractivity contribution < 1.29 is 4.74 Å². The normalized spacial score (nSPS) is 11.2. The van der Waals surface area contributed by atoms with Crippen molar-refractivity contribution in [2.75, 3.05) is 26.3 Å². The van der Waals surface area contributed by atoms with Crippen molar-refractivity contribution in [1.29, 1.82) is 0 Å². The molecule has 0 bridgehead atoms. The average molecular weight is 395 g/mol. The number of hydrogen-bond acceptors (Lipinski definition) is 3. The van der Waals surface area contributed by atoms with Gasteiger partial charge in [0.05, 0.1) is 6.20 Å². The van der Waals surface area contributed by atoms with Crippen LogP contribution in [0.5, 0.6) is 0 Å². The largest absolute Gasteiger partial charge is 0.382 e. The van der Waals surface area contributed by atoms with Gasteiger partial charge in [0.2, 0.25) is 0 Å². The third kappa shape index (κ3) is 8.36. The van der Waals surface area contributed by atoms with Gasteiger partial charge in [0.15, 0.2) is 5.96 Å². The smallest absolute Gasteiger partial charge is 0.188 e. The minimum Gasteiger partial charge on any atom is -0.382 e. The number of hydrogen-bond donors (Lipinski definition) is 3. The number of nitrogens with one attached hydrogen (secondary N) is 2. The second-order valence-electron chi connectivity index (χ2n) is 4.37. The van der Waals surface area contributed by atoms with E-state index in [1.807, 2.05) is 20.0 Å². The highest BCUT2D eigenvalue weighted by molar-refractivity contribution is 14.0. The molecule has 1 aromatic rings. The summed E-state index contributed by atoms with van der Waals surface area (Å²) in [6.07, 6.45) is 4.76. The standard InChI is InChI=1S/C13H25N5O.HI/c1-3-19-9-5-8-16-13(14)15-7-4-6-12-10-17-18-11(12)2;/h10H,3-9H2,1-2H3,(H,17,18)(H3,14,15,16);1H. The lowest BCUT2D eigenvalue weighted by Gasteiger charge is -2.05. The molecule has 0 saturated heterocycles. The molecule has 1 heterocycles. The summed E-state index contributed by atoms with van der Waals surface area (Å²) < 4.78 is 5.24. The van der Waals surface area contributed by atoms with Crippen molar-refractivity contribution in [3.05, 3.63) is 17.5 Å². The van der Waals surface area contributed by atoms with Gasteiger partial charge in [-0.05, 0) is 38.7 Å². The summed E-state index contributed by atoms with van der Waals surface area (Å²) in [4.78, 5) is 4.28. The maximum Gasteiger partial charge on any atom is 0.188 e. The van der Waals surface area contributed by atoms with Crippen LogP contribution in [-0.4, -0.2) is 42.5 Å². The second kappa shape index (κ2) is 12.0. The van der Waals surface area contributed by atoms with E-state index in [9.17, 15) is 0 Å². The summed E-state index contributed by atoms with van der Waals surface area (Å²) in [7, 11) is 0. The van der Waals surface area contributed by atoms with Gasteiger partial charge in [-0.2, -0.15) is 5.10 Å². The molecule has 116 valence electrons. The predicted octanol–water partition coefficient (Wildman–Crippen LogP) is 1.60. The lowest BCUT2D eigenvalue weighted by atomic mass is 10.1. The van der Waals surface area contributed by atoms with Gasteiger partial charge >= 0.3 is 0 Å². The number of aromatic amines is 1. The number of guanidine groups is 1. The summed E-state index contributed by atoms with van der Waals surface area (Å²) in [5.74, 6) is 0.514. The fourth-order valence-electron chi connectivity index (χ4n) is 1.69. The van der Waals surface area contributed by atoms with Crippen molar-refractivity contribution in [3.63, 3.8) is 0 Å². The molecule has 1 rings (SSSR count). The number of nitrogens with two attached hydrogens (primary N) is 1. The topological polar surface area (TPSA) is 88.3 Å². The molecule has 0 aliphatic carbocycles. The van der Waals surface area contributed by atoms with Gasteiger partial charge < -0.3 is 15.8 Å². The Balaban J connectivity index is 0.00000361. The first-order valence-corrected chi connectivity index (χ1v) is 6.84. The molecule has 0 fully saturated rings. The van der Waals surface area contributed by atoms with Crippen LogP contribution < -0.4 is 11.1 Å². The Morgan fingerprint density at radius 3 is 2.95 bits per heavy atom. The highest BCUT2D eigenvalue weighted by atomic mass is 127. The zero-order valence-corrected chi connectivity index (χ0v) is 14.6. The van der Waals surface area contributed by atoms with Gasteiger partial charge in [0.25, 0.3) is 0 Å². The first-order valence-electron chi connectivity index (χ1n) is 6.84. The highest BCUT2D eigenvalue weighted by Gasteiger charge is 1.99. The van der Waals surface area contributed by atoms with E-state index in [1.54, 1.807) is 0 Å². The molecule has 0 spiro atoms. The molecular formula is C13H26IN5O. The molecule has 7 heteroatoms. The molecule has 0 atom stereocenters. The number of nitrogens with zero attached hydrogens (tertiary/aromatic N) is 2. The quantitative estimate of drug-likeness (QED) is 0.257. The lowest BCUT2D eigenvalue weighted by molar-refractivity contribution is 0.145. The summed E-state index contributed by atoms with van der Waals surface area (Å²) in [6, 6.07) is 0. The summed E-state index contributed by atoms with van der Waals surface area (Å²) in [6.45, 7) is 7.07.